The molecule has 4 heteroatoms. The van der Waals surface area contributed by atoms with Crippen LogP contribution in [0.4, 0.5) is 4.79 Å². The van der Waals surface area contributed by atoms with Crippen LogP contribution in [0.5, 0.6) is 0 Å². The molecule has 3 atom stereocenters. The number of Topliss-reactive ketones (excluding diaryl/α,β-unsaturated/α-hetero) is 1. The first-order valence-corrected chi connectivity index (χ1v) is 6.90. The molecule has 1 N–H and O–H groups in total. The highest BCUT2D eigenvalue weighted by Gasteiger charge is 2.41. The van der Waals surface area contributed by atoms with Crippen molar-refractivity contribution in [3.63, 3.8) is 0 Å². The first-order valence-electron chi connectivity index (χ1n) is 6.90. The van der Waals surface area contributed by atoms with Gasteiger partial charge in [-0.25, -0.2) is 4.79 Å². The van der Waals surface area contributed by atoms with E-state index in [1.807, 2.05) is 20.8 Å². The number of hydrogen-bond donors (Lipinski definition) is 1. The van der Waals surface area contributed by atoms with Crippen LogP contribution >= 0.6 is 0 Å². The molecule has 2 aliphatic carbocycles. The van der Waals surface area contributed by atoms with Crippen molar-refractivity contribution in [2.75, 3.05) is 0 Å². The molecule has 0 heterocycles. The molecule has 0 aliphatic heterocycles. The monoisotopic (exact) mass is 253 g/mol. The van der Waals surface area contributed by atoms with Gasteiger partial charge in [0.25, 0.3) is 0 Å². The van der Waals surface area contributed by atoms with E-state index < -0.39 is 11.7 Å². The van der Waals surface area contributed by atoms with E-state index in [-0.39, 0.29) is 17.9 Å². The van der Waals surface area contributed by atoms with Crippen LogP contribution in [0.2, 0.25) is 0 Å². The molecule has 0 radical (unpaired) electrons. The van der Waals surface area contributed by atoms with Gasteiger partial charge in [-0.3, -0.25) is 4.79 Å². The van der Waals surface area contributed by atoms with Gasteiger partial charge in [0.05, 0.1) is 0 Å². The van der Waals surface area contributed by atoms with Crippen LogP contribution in [0.3, 0.4) is 0 Å². The highest BCUT2D eigenvalue weighted by atomic mass is 16.6. The third-order valence-corrected chi connectivity index (χ3v) is 3.85. The predicted molar refractivity (Wildman–Crippen MR) is 68.2 cm³/mol. The summed E-state index contributed by atoms with van der Waals surface area (Å²) in [6.07, 6.45) is 4.47. The lowest BCUT2D eigenvalue weighted by molar-refractivity contribution is -0.133. The molecule has 2 fully saturated rings. The van der Waals surface area contributed by atoms with Crippen molar-refractivity contribution in [2.24, 2.45) is 11.8 Å². The van der Waals surface area contributed by atoms with Crippen molar-refractivity contribution in [1.29, 1.82) is 0 Å². The summed E-state index contributed by atoms with van der Waals surface area (Å²) >= 11 is 0. The molecule has 18 heavy (non-hydrogen) atoms. The number of carbonyl (C=O) groups excluding carboxylic acids is 2. The molecule has 1 amide bonds. The Balaban J connectivity index is 1.93. The van der Waals surface area contributed by atoms with Crippen LogP contribution in [-0.2, 0) is 9.53 Å². The Hall–Kier alpha value is -1.06. The van der Waals surface area contributed by atoms with Crippen LogP contribution in [0.1, 0.15) is 52.9 Å². The molecule has 0 aromatic heterocycles. The molecule has 0 spiro atoms. The summed E-state index contributed by atoms with van der Waals surface area (Å²) in [5.41, 5.74) is -0.488. The summed E-state index contributed by atoms with van der Waals surface area (Å²) in [6.45, 7) is 5.53. The Morgan fingerprint density at radius 2 is 1.94 bits per heavy atom. The van der Waals surface area contributed by atoms with Crippen LogP contribution in [0, 0.1) is 11.8 Å². The maximum Gasteiger partial charge on any atom is 0.407 e. The number of alkyl carbamates (subject to hydrolysis) is 1. The Morgan fingerprint density at radius 3 is 2.61 bits per heavy atom. The third-order valence-electron chi connectivity index (χ3n) is 3.85. The second-order valence-electron chi connectivity index (χ2n) is 6.47. The summed E-state index contributed by atoms with van der Waals surface area (Å²) < 4.78 is 5.25. The van der Waals surface area contributed by atoms with E-state index in [4.69, 9.17) is 4.74 Å². The fraction of sp³-hybridized carbons (Fsp3) is 0.857. The van der Waals surface area contributed by atoms with E-state index in [1.54, 1.807) is 0 Å². The first kappa shape index (κ1) is 13.4. The summed E-state index contributed by atoms with van der Waals surface area (Å²) in [6, 6.07) is -0.0242. The first-order chi connectivity index (χ1) is 8.37. The Morgan fingerprint density at radius 1 is 1.22 bits per heavy atom. The standard InChI is InChI=1S/C14H23NO3/c1-14(2,3)18-13(17)15-11-8-7-9-5-4-6-10(11)12(9)16/h9-11H,4-8H2,1-3H3,(H,15,17)/t9-,10+,11-/m0/s1. The molecular formula is C14H23NO3. The number of fused-ring (bicyclic) bond motifs is 2. The second kappa shape index (κ2) is 4.90. The molecule has 0 aromatic carbocycles. The van der Waals surface area contributed by atoms with Gasteiger partial charge in [-0.15, -0.1) is 0 Å². The number of rotatable bonds is 1. The van der Waals surface area contributed by atoms with Crippen molar-refractivity contribution in [2.45, 2.75) is 64.5 Å². The fourth-order valence-corrected chi connectivity index (χ4v) is 3.07. The lowest BCUT2D eigenvalue weighted by Crippen LogP contribution is -2.51. The zero-order valence-electron chi connectivity index (χ0n) is 11.5. The van der Waals surface area contributed by atoms with Gasteiger partial charge in [0.15, 0.2) is 0 Å². The minimum Gasteiger partial charge on any atom is -0.444 e. The van der Waals surface area contributed by atoms with Gasteiger partial charge in [-0.1, -0.05) is 6.42 Å². The van der Waals surface area contributed by atoms with Crippen LogP contribution in [0.25, 0.3) is 0 Å². The van der Waals surface area contributed by atoms with Crippen molar-refractivity contribution < 1.29 is 14.3 Å². The number of nitrogens with one attached hydrogen (secondary N) is 1. The van der Waals surface area contributed by atoms with Gasteiger partial charge in [-0.2, -0.15) is 0 Å². The van der Waals surface area contributed by atoms with E-state index in [2.05, 4.69) is 5.32 Å². The van der Waals surface area contributed by atoms with Crippen LogP contribution in [0.15, 0.2) is 0 Å². The van der Waals surface area contributed by atoms with Gasteiger partial charge in [0.1, 0.15) is 11.4 Å². The summed E-state index contributed by atoms with van der Waals surface area (Å²) in [7, 11) is 0. The molecule has 2 aliphatic rings. The maximum atomic E-state index is 12.1. The molecule has 102 valence electrons. The predicted octanol–water partition coefficient (Wildman–Crippen LogP) is 2.66. The quantitative estimate of drug-likeness (QED) is 0.781. The van der Waals surface area contributed by atoms with Gasteiger partial charge >= 0.3 is 6.09 Å². The van der Waals surface area contributed by atoms with Crippen molar-refractivity contribution >= 4 is 11.9 Å². The molecular weight excluding hydrogens is 230 g/mol. The number of ketones is 1. The van der Waals surface area contributed by atoms with Crippen molar-refractivity contribution in [1.82, 2.24) is 5.32 Å². The van der Waals surface area contributed by atoms with E-state index in [9.17, 15) is 9.59 Å². The molecule has 2 rings (SSSR count). The van der Waals surface area contributed by atoms with E-state index >= 15 is 0 Å². The zero-order valence-corrected chi connectivity index (χ0v) is 11.5. The normalized spacial score (nSPS) is 31.9. The fourth-order valence-electron chi connectivity index (χ4n) is 3.07. The van der Waals surface area contributed by atoms with E-state index in [1.165, 1.54) is 0 Å². The average molecular weight is 253 g/mol. The number of ether oxygens (including phenoxy) is 1. The summed E-state index contributed by atoms with van der Waals surface area (Å²) in [4.78, 5) is 23.8. The van der Waals surface area contributed by atoms with E-state index in [0.29, 0.717) is 5.78 Å². The molecule has 4 nitrogen and oxygen atoms in total. The molecule has 0 unspecified atom stereocenters. The zero-order chi connectivity index (χ0) is 13.3. The molecule has 0 saturated heterocycles. The van der Waals surface area contributed by atoms with Gasteiger partial charge in [0, 0.05) is 17.9 Å². The number of hydrogen-bond acceptors (Lipinski definition) is 3. The van der Waals surface area contributed by atoms with E-state index in [0.717, 1.165) is 32.1 Å². The highest BCUT2D eigenvalue weighted by Crippen LogP contribution is 2.37. The topological polar surface area (TPSA) is 55.4 Å². The number of amides is 1. The smallest absolute Gasteiger partial charge is 0.407 e. The van der Waals surface area contributed by atoms with Gasteiger partial charge in [-0.05, 0) is 46.5 Å². The largest absolute Gasteiger partial charge is 0.444 e. The average Bonchev–Trinajstić information content (AvgIpc) is 2.19. The molecule has 0 aromatic rings. The minimum atomic E-state index is -0.488. The van der Waals surface area contributed by atoms with Gasteiger partial charge in [0.2, 0.25) is 0 Å². The van der Waals surface area contributed by atoms with Crippen LogP contribution in [-0.4, -0.2) is 23.5 Å². The van der Waals surface area contributed by atoms with Crippen molar-refractivity contribution in [3.05, 3.63) is 0 Å². The lowest BCUT2D eigenvalue weighted by Gasteiger charge is -2.39. The molecule has 2 bridgehead atoms. The summed E-state index contributed by atoms with van der Waals surface area (Å²) in [5.74, 6) is 0.624. The Labute approximate surface area is 108 Å². The van der Waals surface area contributed by atoms with Crippen molar-refractivity contribution in [3.8, 4) is 0 Å². The Bertz CT molecular complexity index is 345. The third kappa shape index (κ3) is 3.03. The maximum absolute atomic E-state index is 12.1. The number of carbonyl (C=O) groups is 2. The SMILES string of the molecule is CC(C)(C)OC(=O)N[C@H]1CC[C@@H]2CCC[C@H]1C2=O. The molecule has 2 saturated carbocycles. The minimum absolute atomic E-state index is 0.0185. The highest BCUT2D eigenvalue weighted by molar-refractivity contribution is 5.86. The lowest BCUT2D eigenvalue weighted by atomic mass is 9.69. The van der Waals surface area contributed by atoms with Crippen LogP contribution < -0.4 is 5.32 Å². The Kier molecular flexibility index (Phi) is 3.64. The summed E-state index contributed by atoms with van der Waals surface area (Å²) in [5, 5.41) is 2.88. The van der Waals surface area contributed by atoms with Gasteiger partial charge < -0.3 is 10.1 Å². The second-order valence-corrected chi connectivity index (χ2v) is 6.47.